The smallest absolute Gasteiger partial charge is 0.190 e. The van der Waals surface area contributed by atoms with Gasteiger partial charge in [0.2, 0.25) is 0 Å². The number of thiazole rings is 1. The lowest BCUT2D eigenvalue weighted by Crippen LogP contribution is -2.39. The van der Waals surface area contributed by atoms with E-state index in [0.717, 1.165) is 49.9 Å². The van der Waals surface area contributed by atoms with Gasteiger partial charge in [-0.3, -0.25) is 4.90 Å². The summed E-state index contributed by atoms with van der Waals surface area (Å²) in [5.41, 5.74) is 6.12. The Kier molecular flexibility index (Phi) is 6.82. The van der Waals surface area contributed by atoms with E-state index in [9.17, 15) is 0 Å². The minimum atomic E-state index is 0.543. The summed E-state index contributed by atoms with van der Waals surface area (Å²) < 4.78 is 7.89. The number of aryl methyl sites for hydroxylation is 1. The number of benzene rings is 2. The summed E-state index contributed by atoms with van der Waals surface area (Å²) >= 11 is 1.72. The van der Waals surface area contributed by atoms with Gasteiger partial charge in [-0.05, 0) is 41.7 Å². The zero-order valence-corrected chi connectivity index (χ0v) is 19.0. The van der Waals surface area contributed by atoms with E-state index in [1.165, 1.54) is 22.4 Å². The van der Waals surface area contributed by atoms with Gasteiger partial charge in [-0.2, -0.15) is 0 Å². The Balaban J connectivity index is 1.69. The van der Waals surface area contributed by atoms with Crippen LogP contribution in [0, 0.1) is 6.92 Å². The molecule has 4 rings (SSSR count). The third-order valence-corrected chi connectivity index (χ3v) is 6.50. The first-order valence-corrected chi connectivity index (χ1v) is 11.7. The zero-order chi connectivity index (χ0) is 20.9. The van der Waals surface area contributed by atoms with Crippen molar-refractivity contribution in [1.82, 2.24) is 9.47 Å². The molecule has 0 spiro atoms. The van der Waals surface area contributed by atoms with E-state index >= 15 is 0 Å². The normalized spacial score (nSPS) is 15.8. The van der Waals surface area contributed by atoms with E-state index in [0.29, 0.717) is 5.92 Å². The van der Waals surface area contributed by atoms with Crippen LogP contribution in [-0.4, -0.2) is 42.3 Å². The van der Waals surface area contributed by atoms with Gasteiger partial charge in [0.25, 0.3) is 0 Å². The van der Waals surface area contributed by atoms with Gasteiger partial charge in [0, 0.05) is 31.6 Å². The van der Waals surface area contributed by atoms with Gasteiger partial charge in [0.1, 0.15) is 0 Å². The van der Waals surface area contributed by atoms with Crippen LogP contribution in [0.15, 0.2) is 58.9 Å². The summed E-state index contributed by atoms with van der Waals surface area (Å²) in [6.45, 7) is 12.2. The lowest BCUT2D eigenvalue weighted by Gasteiger charge is -2.26. The maximum Gasteiger partial charge on any atom is 0.190 e. The van der Waals surface area contributed by atoms with Gasteiger partial charge in [-0.1, -0.05) is 50.2 Å². The Bertz CT molecular complexity index is 1030. The molecule has 3 aromatic rings. The van der Waals surface area contributed by atoms with Crippen molar-refractivity contribution in [2.45, 2.75) is 33.2 Å². The number of rotatable bonds is 6. The van der Waals surface area contributed by atoms with Crippen molar-refractivity contribution in [3.63, 3.8) is 0 Å². The average Bonchev–Trinajstić information content (AvgIpc) is 3.15. The first kappa shape index (κ1) is 21.0. The largest absolute Gasteiger partial charge is 0.379 e. The summed E-state index contributed by atoms with van der Waals surface area (Å²) in [5, 5.41) is 2.25. The molecule has 0 N–H and O–H groups in total. The van der Waals surface area contributed by atoms with Crippen LogP contribution in [-0.2, 0) is 11.3 Å². The number of hydrogen-bond donors (Lipinski definition) is 0. The van der Waals surface area contributed by atoms with Crippen LogP contribution in [0.4, 0.5) is 5.69 Å². The molecule has 30 heavy (non-hydrogen) atoms. The molecule has 0 unspecified atom stereocenters. The van der Waals surface area contributed by atoms with Crippen LogP contribution in [0.3, 0.4) is 0 Å². The van der Waals surface area contributed by atoms with Crippen molar-refractivity contribution in [3.05, 3.63) is 69.8 Å². The third-order valence-electron chi connectivity index (χ3n) is 5.64. The molecular weight excluding hydrogens is 390 g/mol. The quantitative estimate of drug-likeness (QED) is 0.547. The molecule has 1 aromatic heterocycles. The Morgan fingerprint density at radius 3 is 2.50 bits per heavy atom. The molecule has 2 aromatic carbocycles. The lowest BCUT2D eigenvalue weighted by atomic mass is 10.0. The monoisotopic (exact) mass is 421 g/mol. The number of hydrogen-bond acceptors (Lipinski definition) is 4. The maximum atomic E-state index is 5.51. The van der Waals surface area contributed by atoms with Crippen molar-refractivity contribution >= 4 is 17.0 Å². The van der Waals surface area contributed by atoms with Gasteiger partial charge in [-0.25, -0.2) is 4.99 Å². The molecule has 4 nitrogen and oxygen atoms in total. The Hall–Kier alpha value is -2.21. The predicted molar refractivity (Wildman–Crippen MR) is 125 cm³/mol. The van der Waals surface area contributed by atoms with Gasteiger partial charge >= 0.3 is 0 Å². The van der Waals surface area contributed by atoms with E-state index in [-0.39, 0.29) is 0 Å². The molecule has 1 fully saturated rings. The SMILES string of the molecule is Cc1cccc(N=c2scc(-c3ccc(C(C)C)cc3)n2CCN2CCOCC2)c1. The summed E-state index contributed by atoms with van der Waals surface area (Å²) in [5.74, 6) is 0.543. The van der Waals surface area contributed by atoms with Gasteiger partial charge in [0.05, 0.1) is 24.6 Å². The summed E-state index contributed by atoms with van der Waals surface area (Å²) in [7, 11) is 0. The molecule has 5 heteroatoms. The Morgan fingerprint density at radius 2 is 1.80 bits per heavy atom. The lowest BCUT2D eigenvalue weighted by molar-refractivity contribution is 0.0363. The minimum Gasteiger partial charge on any atom is -0.379 e. The second kappa shape index (κ2) is 9.73. The molecule has 1 saturated heterocycles. The van der Waals surface area contributed by atoms with Crippen molar-refractivity contribution in [2.75, 3.05) is 32.8 Å². The molecule has 0 aliphatic carbocycles. The van der Waals surface area contributed by atoms with Crippen LogP contribution < -0.4 is 4.80 Å². The molecule has 0 bridgehead atoms. The fourth-order valence-corrected chi connectivity index (χ4v) is 4.73. The second-order valence-corrected chi connectivity index (χ2v) is 9.07. The van der Waals surface area contributed by atoms with Crippen molar-refractivity contribution in [3.8, 4) is 11.3 Å². The van der Waals surface area contributed by atoms with Crippen molar-refractivity contribution in [1.29, 1.82) is 0 Å². The topological polar surface area (TPSA) is 29.8 Å². The molecule has 2 heterocycles. The van der Waals surface area contributed by atoms with Crippen LogP contribution in [0.5, 0.6) is 0 Å². The summed E-state index contributed by atoms with van der Waals surface area (Å²) in [6.07, 6.45) is 0. The van der Waals surface area contributed by atoms with Crippen LogP contribution >= 0.6 is 11.3 Å². The molecule has 0 saturated carbocycles. The highest BCUT2D eigenvalue weighted by atomic mass is 32.1. The van der Waals surface area contributed by atoms with Gasteiger partial charge < -0.3 is 9.30 Å². The average molecular weight is 422 g/mol. The Morgan fingerprint density at radius 1 is 1.03 bits per heavy atom. The summed E-state index contributed by atoms with van der Waals surface area (Å²) in [6, 6.07) is 17.4. The van der Waals surface area contributed by atoms with Crippen LogP contribution in [0.25, 0.3) is 11.3 Å². The number of aromatic nitrogens is 1. The number of ether oxygens (including phenoxy) is 1. The third kappa shape index (κ3) is 5.09. The van der Waals surface area contributed by atoms with Crippen LogP contribution in [0.1, 0.15) is 30.9 Å². The highest BCUT2D eigenvalue weighted by Gasteiger charge is 2.13. The van der Waals surface area contributed by atoms with Gasteiger partial charge in [0.15, 0.2) is 4.80 Å². The first-order chi connectivity index (χ1) is 14.6. The summed E-state index contributed by atoms with van der Waals surface area (Å²) in [4.78, 5) is 8.53. The number of nitrogens with zero attached hydrogens (tertiary/aromatic N) is 3. The van der Waals surface area contributed by atoms with E-state index in [1.807, 2.05) is 0 Å². The highest BCUT2D eigenvalue weighted by molar-refractivity contribution is 7.07. The predicted octanol–water partition coefficient (Wildman–Crippen LogP) is 5.21. The van der Waals surface area contributed by atoms with E-state index in [4.69, 9.17) is 9.73 Å². The van der Waals surface area contributed by atoms with Crippen LogP contribution in [0.2, 0.25) is 0 Å². The second-order valence-electron chi connectivity index (χ2n) is 8.24. The molecule has 1 aliphatic heterocycles. The minimum absolute atomic E-state index is 0.543. The molecular formula is C25H31N3OS. The van der Waals surface area contributed by atoms with E-state index in [1.54, 1.807) is 11.3 Å². The van der Waals surface area contributed by atoms with E-state index in [2.05, 4.69) is 84.1 Å². The fraction of sp³-hybridized carbons (Fsp3) is 0.400. The standard InChI is InChI=1S/C25H31N3OS/c1-19(2)21-7-9-22(10-8-21)24-18-30-25(26-23-6-4-5-20(3)17-23)28(24)12-11-27-13-15-29-16-14-27/h4-10,17-19H,11-16H2,1-3H3. The van der Waals surface area contributed by atoms with Crippen molar-refractivity contribution < 1.29 is 4.74 Å². The molecule has 0 radical (unpaired) electrons. The maximum absolute atomic E-state index is 5.51. The number of morpholine rings is 1. The first-order valence-electron chi connectivity index (χ1n) is 10.8. The zero-order valence-electron chi connectivity index (χ0n) is 18.2. The van der Waals surface area contributed by atoms with Crippen molar-refractivity contribution in [2.24, 2.45) is 4.99 Å². The molecule has 0 atom stereocenters. The van der Waals surface area contributed by atoms with Gasteiger partial charge in [-0.15, -0.1) is 11.3 Å². The van der Waals surface area contributed by atoms with E-state index < -0.39 is 0 Å². The molecule has 0 amide bonds. The highest BCUT2D eigenvalue weighted by Crippen LogP contribution is 2.24. The Labute approximate surface area is 183 Å². The molecule has 158 valence electrons. The fourth-order valence-electron chi connectivity index (χ4n) is 3.78. The molecule has 1 aliphatic rings.